The van der Waals surface area contributed by atoms with Crippen molar-refractivity contribution in [1.29, 1.82) is 0 Å². The smallest absolute Gasteiger partial charge is 0.407 e. The van der Waals surface area contributed by atoms with E-state index in [0.717, 1.165) is 12.8 Å². The third-order valence-corrected chi connectivity index (χ3v) is 4.21. The van der Waals surface area contributed by atoms with Crippen LogP contribution in [0.4, 0.5) is 4.79 Å². The standard InChI is InChI=1S/C19H35N3O4/c1-18(2,3)16(24)21-13-14-8-11-22(12-9-14)15(23)7-10-20-17(25)26-19(4,5)6/h14H,7-13H2,1-6H3,(H,20,25)(H,21,24). The second kappa shape index (κ2) is 9.24. The highest BCUT2D eigenvalue weighted by Crippen LogP contribution is 2.18. The van der Waals surface area contributed by atoms with Crippen molar-refractivity contribution in [1.82, 2.24) is 15.5 Å². The Bertz CT molecular complexity index is 498. The van der Waals surface area contributed by atoms with Crippen molar-refractivity contribution in [2.24, 2.45) is 11.3 Å². The van der Waals surface area contributed by atoms with Crippen molar-refractivity contribution in [2.75, 3.05) is 26.2 Å². The molecule has 1 aliphatic rings. The molecule has 7 nitrogen and oxygen atoms in total. The number of piperidine rings is 1. The molecule has 150 valence electrons. The van der Waals surface area contributed by atoms with E-state index in [1.54, 1.807) is 20.8 Å². The number of nitrogens with one attached hydrogen (secondary N) is 2. The number of carbonyl (C=O) groups is 3. The van der Waals surface area contributed by atoms with Gasteiger partial charge >= 0.3 is 6.09 Å². The van der Waals surface area contributed by atoms with Crippen LogP contribution in [0.5, 0.6) is 0 Å². The van der Waals surface area contributed by atoms with Gasteiger partial charge < -0.3 is 20.3 Å². The number of hydrogen-bond acceptors (Lipinski definition) is 4. The fourth-order valence-electron chi connectivity index (χ4n) is 2.63. The van der Waals surface area contributed by atoms with Crippen LogP contribution in [-0.2, 0) is 14.3 Å². The lowest BCUT2D eigenvalue weighted by atomic mass is 9.93. The van der Waals surface area contributed by atoms with Crippen molar-refractivity contribution < 1.29 is 19.1 Å². The number of alkyl carbamates (subject to hydrolysis) is 1. The second-order valence-electron chi connectivity index (χ2n) is 8.96. The van der Waals surface area contributed by atoms with Gasteiger partial charge in [0.25, 0.3) is 0 Å². The van der Waals surface area contributed by atoms with Gasteiger partial charge in [-0.1, -0.05) is 20.8 Å². The Morgan fingerprint density at radius 3 is 2.08 bits per heavy atom. The molecule has 0 aromatic carbocycles. The highest BCUT2D eigenvalue weighted by molar-refractivity contribution is 5.81. The van der Waals surface area contributed by atoms with Gasteiger partial charge in [0.1, 0.15) is 5.60 Å². The zero-order chi connectivity index (χ0) is 20.0. The lowest BCUT2D eigenvalue weighted by molar-refractivity contribution is -0.133. The number of carbonyl (C=O) groups excluding carboxylic acids is 3. The summed E-state index contributed by atoms with van der Waals surface area (Å²) in [6, 6.07) is 0. The summed E-state index contributed by atoms with van der Waals surface area (Å²) in [6.07, 6.45) is 1.54. The molecule has 0 saturated carbocycles. The molecule has 1 rings (SSSR count). The molecule has 2 N–H and O–H groups in total. The molecule has 1 heterocycles. The van der Waals surface area contributed by atoms with Crippen molar-refractivity contribution >= 4 is 17.9 Å². The molecule has 0 aromatic rings. The summed E-state index contributed by atoms with van der Waals surface area (Å²) in [5.74, 6) is 0.507. The molecule has 0 spiro atoms. The summed E-state index contributed by atoms with van der Waals surface area (Å²) in [7, 11) is 0. The number of nitrogens with zero attached hydrogens (tertiary/aromatic N) is 1. The second-order valence-corrected chi connectivity index (χ2v) is 8.96. The van der Waals surface area contributed by atoms with Gasteiger partial charge in [0.2, 0.25) is 11.8 Å². The van der Waals surface area contributed by atoms with Crippen LogP contribution < -0.4 is 10.6 Å². The molecule has 3 amide bonds. The van der Waals surface area contributed by atoms with E-state index in [9.17, 15) is 14.4 Å². The number of rotatable bonds is 5. The van der Waals surface area contributed by atoms with Gasteiger partial charge in [-0.3, -0.25) is 9.59 Å². The van der Waals surface area contributed by atoms with Crippen LogP contribution in [0, 0.1) is 11.3 Å². The monoisotopic (exact) mass is 369 g/mol. The van der Waals surface area contributed by atoms with Crippen LogP contribution in [-0.4, -0.2) is 54.6 Å². The lowest BCUT2D eigenvalue weighted by Crippen LogP contribution is -2.44. The van der Waals surface area contributed by atoms with Crippen LogP contribution in [0.3, 0.4) is 0 Å². The summed E-state index contributed by atoms with van der Waals surface area (Å²) in [4.78, 5) is 37.5. The summed E-state index contributed by atoms with van der Waals surface area (Å²) in [5.41, 5.74) is -0.920. The molecule has 0 atom stereocenters. The minimum Gasteiger partial charge on any atom is -0.444 e. The summed E-state index contributed by atoms with van der Waals surface area (Å²) >= 11 is 0. The minimum absolute atomic E-state index is 0.0400. The maximum atomic E-state index is 12.2. The van der Waals surface area contributed by atoms with Crippen molar-refractivity contribution in [3.63, 3.8) is 0 Å². The maximum absolute atomic E-state index is 12.2. The molecule has 1 fully saturated rings. The fourth-order valence-corrected chi connectivity index (χ4v) is 2.63. The van der Waals surface area contributed by atoms with Crippen LogP contribution >= 0.6 is 0 Å². The molecule has 26 heavy (non-hydrogen) atoms. The van der Waals surface area contributed by atoms with Crippen LogP contribution in [0.2, 0.25) is 0 Å². The Labute approximate surface area is 157 Å². The third kappa shape index (κ3) is 8.54. The van der Waals surface area contributed by atoms with Crippen LogP contribution in [0.15, 0.2) is 0 Å². The average molecular weight is 370 g/mol. The van der Waals surface area contributed by atoms with E-state index in [1.165, 1.54) is 0 Å². The van der Waals surface area contributed by atoms with Crippen molar-refractivity contribution in [3.8, 4) is 0 Å². The van der Waals surface area contributed by atoms with Gasteiger partial charge in [-0.25, -0.2) is 4.79 Å². The highest BCUT2D eigenvalue weighted by Gasteiger charge is 2.25. The quantitative estimate of drug-likeness (QED) is 0.778. The van der Waals surface area contributed by atoms with E-state index < -0.39 is 11.7 Å². The molecule has 0 unspecified atom stereocenters. The first-order valence-corrected chi connectivity index (χ1v) is 9.41. The van der Waals surface area contributed by atoms with E-state index in [0.29, 0.717) is 25.6 Å². The Morgan fingerprint density at radius 1 is 1.00 bits per heavy atom. The Morgan fingerprint density at radius 2 is 1.58 bits per heavy atom. The summed E-state index contributed by atoms with van der Waals surface area (Å²) < 4.78 is 5.14. The molecule has 1 saturated heterocycles. The molecule has 1 aliphatic heterocycles. The first-order valence-electron chi connectivity index (χ1n) is 9.41. The molecule has 0 radical (unpaired) electrons. The maximum Gasteiger partial charge on any atom is 0.407 e. The van der Waals surface area contributed by atoms with E-state index in [-0.39, 0.29) is 30.2 Å². The summed E-state index contributed by atoms with van der Waals surface area (Å²) in [6.45, 7) is 13.4. The fraction of sp³-hybridized carbons (Fsp3) is 0.842. The zero-order valence-corrected chi connectivity index (χ0v) is 17.1. The average Bonchev–Trinajstić information content (AvgIpc) is 2.50. The molecule has 7 heteroatoms. The Balaban J connectivity index is 2.23. The molecule has 0 aromatic heterocycles. The van der Waals surface area contributed by atoms with E-state index >= 15 is 0 Å². The zero-order valence-electron chi connectivity index (χ0n) is 17.1. The molecule has 0 aliphatic carbocycles. The number of ether oxygens (including phenoxy) is 1. The first-order chi connectivity index (χ1) is 11.9. The number of amides is 3. The van der Waals surface area contributed by atoms with Crippen molar-refractivity contribution in [3.05, 3.63) is 0 Å². The minimum atomic E-state index is -0.543. The Kier molecular flexibility index (Phi) is 7.90. The van der Waals surface area contributed by atoms with Crippen LogP contribution in [0.1, 0.15) is 60.8 Å². The highest BCUT2D eigenvalue weighted by atomic mass is 16.6. The Hall–Kier alpha value is -1.79. The predicted octanol–water partition coefficient (Wildman–Crippen LogP) is 2.30. The van der Waals surface area contributed by atoms with Gasteiger partial charge in [-0.05, 0) is 39.5 Å². The largest absolute Gasteiger partial charge is 0.444 e. The van der Waals surface area contributed by atoms with E-state index in [2.05, 4.69) is 10.6 Å². The molecule has 0 bridgehead atoms. The molecular weight excluding hydrogens is 334 g/mol. The van der Waals surface area contributed by atoms with Gasteiger partial charge in [0.05, 0.1) is 0 Å². The van der Waals surface area contributed by atoms with Gasteiger partial charge in [-0.15, -0.1) is 0 Å². The number of hydrogen-bond donors (Lipinski definition) is 2. The molecular formula is C19H35N3O4. The predicted molar refractivity (Wildman–Crippen MR) is 101 cm³/mol. The van der Waals surface area contributed by atoms with Gasteiger partial charge in [0.15, 0.2) is 0 Å². The normalized spacial score (nSPS) is 16.2. The van der Waals surface area contributed by atoms with Crippen molar-refractivity contribution in [2.45, 2.75) is 66.4 Å². The lowest BCUT2D eigenvalue weighted by Gasteiger charge is -2.32. The van der Waals surface area contributed by atoms with E-state index in [1.807, 2.05) is 25.7 Å². The summed E-state index contributed by atoms with van der Waals surface area (Å²) in [5, 5.41) is 5.61. The van der Waals surface area contributed by atoms with Crippen LogP contribution in [0.25, 0.3) is 0 Å². The number of likely N-dealkylation sites (tertiary alicyclic amines) is 1. The first kappa shape index (κ1) is 22.3. The van der Waals surface area contributed by atoms with E-state index in [4.69, 9.17) is 4.74 Å². The van der Waals surface area contributed by atoms with Gasteiger partial charge in [-0.2, -0.15) is 0 Å². The van der Waals surface area contributed by atoms with Gasteiger partial charge in [0, 0.05) is 38.0 Å². The SMILES string of the molecule is CC(C)(C)OC(=O)NCCC(=O)N1CCC(CNC(=O)C(C)(C)C)CC1. The topological polar surface area (TPSA) is 87.7 Å². The third-order valence-electron chi connectivity index (χ3n) is 4.21.